The lowest BCUT2D eigenvalue weighted by Crippen LogP contribution is -2.21. The normalized spacial score (nSPS) is 11.3. The van der Waals surface area contributed by atoms with E-state index in [1.54, 1.807) is 44.8 Å². The maximum absolute atomic E-state index is 12.4. The molecular formula is C22H18N6O2. The minimum atomic E-state index is -0.199. The van der Waals surface area contributed by atoms with Gasteiger partial charge in [0, 0.05) is 48.5 Å². The van der Waals surface area contributed by atoms with Crippen LogP contribution in [0.1, 0.15) is 10.4 Å². The standard InChI is InChI=1S/C22H18N6O2/c1-28(2)22(30)12-4-3-5-13(10-12)25-20-17-15-7-9-24-21(29)19(15)27-18(17)14-6-8-23-11-16(14)26-20/h3-11,27H,1-2H3,(H,24,29)(H,25,26). The van der Waals surface area contributed by atoms with Crippen LogP contribution in [-0.2, 0) is 0 Å². The van der Waals surface area contributed by atoms with Crippen molar-refractivity contribution in [1.82, 2.24) is 24.8 Å². The van der Waals surface area contributed by atoms with E-state index in [1.165, 1.54) is 4.90 Å². The van der Waals surface area contributed by atoms with E-state index in [9.17, 15) is 9.59 Å². The number of aromatic nitrogens is 4. The van der Waals surface area contributed by atoms with Gasteiger partial charge in [0.05, 0.1) is 22.6 Å². The van der Waals surface area contributed by atoms with Crippen LogP contribution in [0.2, 0.25) is 0 Å². The van der Waals surface area contributed by atoms with Crippen molar-refractivity contribution >= 4 is 50.1 Å². The molecule has 148 valence electrons. The van der Waals surface area contributed by atoms with Crippen molar-refractivity contribution in [2.45, 2.75) is 0 Å². The molecule has 4 aromatic heterocycles. The molecule has 30 heavy (non-hydrogen) atoms. The molecule has 0 aliphatic rings. The highest BCUT2D eigenvalue weighted by Gasteiger charge is 2.16. The highest BCUT2D eigenvalue weighted by molar-refractivity contribution is 6.20. The molecule has 1 aromatic carbocycles. The zero-order chi connectivity index (χ0) is 20.8. The summed E-state index contributed by atoms with van der Waals surface area (Å²) in [5.74, 6) is 0.495. The number of carbonyl (C=O) groups is 1. The Morgan fingerprint density at radius 3 is 2.80 bits per heavy atom. The topological polar surface area (TPSA) is 107 Å². The van der Waals surface area contributed by atoms with Crippen LogP contribution in [0.4, 0.5) is 11.5 Å². The average molecular weight is 398 g/mol. The van der Waals surface area contributed by atoms with Gasteiger partial charge in [-0.15, -0.1) is 0 Å². The molecule has 0 bridgehead atoms. The Morgan fingerprint density at radius 1 is 1.10 bits per heavy atom. The second-order valence-electron chi connectivity index (χ2n) is 7.23. The molecule has 0 aliphatic carbocycles. The van der Waals surface area contributed by atoms with Crippen LogP contribution in [0.25, 0.3) is 32.7 Å². The average Bonchev–Trinajstić information content (AvgIpc) is 3.15. The molecule has 4 heterocycles. The van der Waals surface area contributed by atoms with Gasteiger partial charge in [0.2, 0.25) is 0 Å². The lowest BCUT2D eigenvalue weighted by molar-refractivity contribution is 0.0827. The predicted molar refractivity (Wildman–Crippen MR) is 117 cm³/mol. The van der Waals surface area contributed by atoms with Crippen LogP contribution in [0.5, 0.6) is 0 Å². The zero-order valence-corrected chi connectivity index (χ0v) is 16.4. The van der Waals surface area contributed by atoms with Gasteiger partial charge < -0.3 is 20.2 Å². The molecule has 0 aliphatic heterocycles. The molecule has 0 atom stereocenters. The third kappa shape index (κ3) is 2.77. The third-order valence-corrected chi connectivity index (χ3v) is 5.05. The second kappa shape index (κ2) is 6.70. The number of nitrogens with one attached hydrogen (secondary N) is 3. The van der Waals surface area contributed by atoms with Gasteiger partial charge >= 0.3 is 0 Å². The predicted octanol–water partition coefficient (Wildman–Crippen LogP) is 3.40. The first-order valence-corrected chi connectivity index (χ1v) is 9.38. The van der Waals surface area contributed by atoms with Crippen molar-refractivity contribution in [3.63, 3.8) is 0 Å². The number of hydrogen-bond acceptors (Lipinski definition) is 5. The van der Waals surface area contributed by atoms with E-state index in [4.69, 9.17) is 4.98 Å². The van der Waals surface area contributed by atoms with E-state index < -0.39 is 0 Å². The molecule has 3 N–H and O–H groups in total. The molecule has 5 aromatic rings. The van der Waals surface area contributed by atoms with E-state index >= 15 is 0 Å². The molecule has 0 saturated heterocycles. The summed E-state index contributed by atoms with van der Waals surface area (Å²) in [7, 11) is 3.43. The first-order valence-electron chi connectivity index (χ1n) is 9.38. The molecule has 8 heteroatoms. The number of pyridine rings is 3. The first kappa shape index (κ1) is 17.9. The van der Waals surface area contributed by atoms with Crippen molar-refractivity contribution in [3.05, 3.63) is 70.9 Å². The van der Waals surface area contributed by atoms with Crippen LogP contribution < -0.4 is 10.9 Å². The number of nitrogens with zero attached hydrogens (tertiary/aromatic N) is 3. The number of rotatable bonds is 3. The second-order valence-corrected chi connectivity index (χ2v) is 7.23. The Labute approximate surface area is 170 Å². The number of fused-ring (bicyclic) bond motifs is 5. The van der Waals surface area contributed by atoms with Crippen LogP contribution in [0.3, 0.4) is 0 Å². The summed E-state index contributed by atoms with van der Waals surface area (Å²) in [6, 6.07) is 11.0. The quantitative estimate of drug-likeness (QED) is 0.432. The van der Waals surface area contributed by atoms with Gasteiger partial charge in [-0.25, -0.2) is 4.98 Å². The lowest BCUT2D eigenvalue weighted by Gasteiger charge is -2.13. The van der Waals surface area contributed by atoms with Gasteiger partial charge in [-0.05, 0) is 30.3 Å². The molecule has 0 radical (unpaired) electrons. The largest absolute Gasteiger partial charge is 0.349 e. The van der Waals surface area contributed by atoms with E-state index in [0.29, 0.717) is 22.4 Å². The molecule has 0 spiro atoms. The summed E-state index contributed by atoms with van der Waals surface area (Å²) in [5.41, 5.74) is 3.07. The molecule has 0 unspecified atom stereocenters. The lowest BCUT2D eigenvalue weighted by atomic mass is 10.1. The maximum atomic E-state index is 12.4. The Kier molecular flexibility index (Phi) is 3.99. The van der Waals surface area contributed by atoms with Crippen molar-refractivity contribution in [2.24, 2.45) is 0 Å². The first-order chi connectivity index (χ1) is 14.5. The fourth-order valence-electron chi connectivity index (χ4n) is 3.66. The number of benzene rings is 1. The van der Waals surface area contributed by atoms with Gasteiger partial charge in [-0.3, -0.25) is 14.6 Å². The van der Waals surface area contributed by atoms with E-state index in [-0.39, 0.29) is 11.5 Å². The number of amides is 1. The van der Waals surface area contributed by atoms with Gasteiger partial charge in [-0.2, -0.15) is 0 Å². The number of H-pyrrole nitrogens is 2. The number of hydrogen-bond donors (Lipinski definition) is 3. The van der Waals surface area contributed by atoms with Crippen LogP contribution in [0, 0.1) is 0 Å². The minimum absolute atomic E-state index is 0.0851. The summed E-state index contributed by atoms with van der Waals surface area (Å²) >= 11 is 0. The molecule has 8 nitrogen and oxygen atoms in total. The zero-order valence-electron chi connectivity index (χ0n) is 16.4. The summed E-state index contributed by atoms with van der Waals surface area (Å²) in [5, 5.41) is 5.77. The van der Waals surface area contributed by atoms with Crippen molar-refractivity contribution < 1.29 is 4.79 Å². The third-order valence-electron chi connectivity index (χ3n) is 5.05. The Morgan fingerprint density at radius 2 is 1.97 bits per heavy atom. The van der Waals surface area contributed by atoms with E-state index in [1.807, 2.05) is 24.3 Å². The van der Waals surface area contributed by atoms with Crippen molar-refractivity contribution in [3.8, 4) is 0 Å². The summed E-state index contributed by atoms with van der Waals surface area (Å²) < 4.78 is 0. The fraction of sp³-hybridized carbons (Fsp3) is 0.0909. The Hall–Kier alpha value is -4.20. The van der Waals surface area contributed by atoms with Crippen molar-refractivity contribution in [2.75, 3.05) is 19.4 Å². The van der Waals surface area contributed by atoms with E-state index in [2.05, 4.69) is 20.3 Å². The van der Waals surface area contributed by atoms with Crippen LogP contribution >= 0.6 is 0 Å². The van der Waals surface area contributed by atoms with Crippen molar-refractivity contribution in [1.29, 1.82) is 0 Å². The Bertz CT molecular complexity index is 1500. The minimum Gasteiger partial charge on any atom is -0.349 e. The monoisotopic (exact) mass is 398 g/mol. The van der Waals surface area contributed by atoms with Gasteiger partial charge in [0.1, 0.15) is 11.3 Å². The number of anilines is 2. The van der Waals surface area contributed by atoms with Crippen LogP contribution in [-0.4, -0.2) is 44.8 Å². The smallest absolute Gasteiger partial charge is 0.272 e. The molecule has 5 rings (SSSR count). The van der Waals surface area contributed by atoms with Gasteiger partial charge in [-0.1, -0.05) is 6.07 Å². The summed E-state index contributed by atoms with van der Waals surface area (Å²) in [6.07, 6.45) is 5.00. The Balaban J connectivity index is 1.75. The maximum Gasteiger partial charge on any atom is 0.272 e. The molecule has 0 fully saturated rings. The molecule has 1 amide bonds. The molecule has 0 saturated carbocycles. The molecular weight excluding hydrogens is 380 g/mol. The van der Waals surface area contributed by atoms with Gasteiger partial charge in [0.25, 0.3) is 11.5 Å². The summed E-state index contributed by atoms with van der Waals surface area (Å²) in [4.78, 5) is 41.1. The highest BCUT2D eigenvalue weighted by Crippen LogP contribution is 2.35. The number of aromatic amines is 2. The fourth-order valence-corrected chi connectivity index (χ4v) is 3.66. The summed E-state index contributed by atoms with van der Waals surface area (Å²) in [6.45, 7) is 0. The highest BCUT2D eigenvalue weighted by atomic mass is 16.2. The van der Waals surface area contributed by atoms with Gasteiger partial charge in [0.15, 0.2) is 0 Å². The SMILES string of the molecule is CN(C)C(=O)c1cccc(Nc2nc3cnccc3c3[nH]c4c(=O)[nH]ccc4c23)c1. The number of carbonyl (C=O) groups excluding carboxylic acids is 1. The van der Waals surface area contributed by atoms with Crippen LogP contribution in [0.15, 0.2) is 59.8 Å². The van der Waals surface area contributed by atoms with E-state index in [0.717, 1.165) is 27.4 Å².